The number of carbonyl (C=O) groups is 2. The van der Waals surface area contributed by atoms with Crippen LogP contribution >= 0.6 is 0 Å². The second kappa shape index (κ2) is 7.05. The average molecular weight is 388 g/mol. The zero-order valence-electron chi connectivity index (χ0n) is 16.3. The van der Waals surface area contributed by atoms with Crippen LogP contribution in [-0.2, 0) is 9.59 Å². The topological polar surface area (TPSA) is 83.6 Å². The van der Waals surface area contributed by atoms with Crippen molar-refractivity contribution >= 4 is 23.3 Å². The Hall–Kier alpha value is -3.67. The number of benzene rings is 2. The molecule has 0 saturated carbocycles. The summed E-state index contributed by atoms with van der Waals surface area (Å²) < 4.78 is 5.12. The molecule has 1 saturated heterocycles. The first-order chi connectivity index (χ1) is 13.9. The summed E-state index contributed by atoms with van der Waals surface area (Å²) in [5, 5.41) is 14.9. The van der Waals surface area contributed by atoms with Gasteiger partial charge in [0.25, 0.3) is 5.78 Å². The molecule has 0 radical (unpaired) electrons. The molecule has 1 atom stereocenters. The normalized spacial score (nSPS) is 18.4. The molecule has 1 aromatic heterocycles. The smallest absolute Gasteiger partial charge is 0.301 e. The Morgan fingerprint density at radius 3 is 2.10 bits per heavy atom. The summed E-state index contributed by atoms with van der Waals surface area (Å²) in [5.41, 5.74) is 3.27. The molecule has 4 rings (SSSR count). The second-order valence-corrected chi connectivity index (χ2v) is 7.24. The number of carbonyl (C=O) groups excluding carboxylic acids is 2. The van der Waals surface area contributed by atoms with Crippen molar-refractivity contribution in [1.82, 2.24) is 5.16 Å². The third kappa shape index (κ3) is 3.23. The highest BCUT2D eigenvalue weighted by Crippen LogP contribution is 2.41. The zero-order chi connectivity index (χ0) is 20.7. The predicted molar refractivity (Wildman–Crippen MR) is 108 cm³/mol. The molecule has 1 aliphatic rings. The lowest BCUT2D eigenvalue weighted by Gasteiger charge is -2.23. The first kappa shape index (κ1) is 18.7. The molecule has 0 bridgehead atoms. The molecular formula is C23H20N2O4. The van der Waals surface area contributed by atoms with E-state index in [-0.39, 0.29) is 17.2 Å². The number of aryl methyl sites for hydroxylation is 3. The van der Waals surface area contributed by atoms with Crippen molar-refractivity contribution in [2.24, 2.45) is 0 Å². The number of amides is 1. The van der Waals surface area contributed by atoms with Gasteiger partial charge in [-0.1, -0.05) is 64.8 Å². The number of nitrogens with zero attached hydrogens (tertiary/aromatic N) is 2. The standard InChI is InChI=1S/C23H20N2O4/c1-13-4-8-16(9-5-13)20-19(21(26)17-10-6-14(2)7-11-17)22(27)23(28)25(20)18-12-15(3)29-24-18/h4-12,20,26H,1-3H3. The van der Waals surface area contributed by atoms with Crippen molar-refractivity contribution in [2.75, 3.05) is 4.90 Å². The summed E-state index contributed by atoms with van der Waals surface area (Å²) in [6.07, 6.45) is 0. The first-order valence-corrected chi connectivity index (χ1v) is 9.25. The van der Waals surface area contributed by atoms with Crippen LogP contribution in [0.5, 0.6) is 0 Å². The van der Waals surface area contributed by atoms with E-state index in [0.29, 0.717) is 16.9 Å². The van der Waals surface area contributed by atoms with Gasteiger partial charge in [0.15, 0.2) is 5.82 Å². The van der Waals surface area contributed by atoms with E-state index in [9.17, 15) is 14.7 Å². The van der Waals surface area contributed by atoms with Crippen LogP contribution in [0.4, 0.5) is 5.82 Å². The van der Waals surface area contributed by atoms with E-state index in [4.69, 9.17) is 4.52 Å². The highest BCUT2D eigenvalue weighted by molar-refractivity contribution is 6.51. The quantitative estimate of drug-likeness (QED) is 0.412. The maximum Gasteiger partial charge on any atom is 0.301 e. The van der Waals surface area contributed by atoms with E-state index in [1.54, 1.807) is 25.1 Å². The van der Waals surface area contributed by atoms with Gasteiger partial charge in [-0.05, 0) is 26.3 Å². The third-order valence-electron chi connectivity index (χ3n) is 5.02. The Morgan fingerprint density at radius 2 is 1.55 bits per heavy atom. The average Bonchev–Trinajstić information content (AvgIpc) is 3.24. The SMILES string of the molecule is Cc1ccc(C(O)=C2C(=O)C(=O)N(c3cc(C)on3)C2c2ccc(C)cc2)cc1. The van der Waals surface area contributed by atoms with Gasteiger partial charge >= 0.3 is 5.91 Å². The minimum absolute atomic E-state index is 0.0309. The number of aromatic nitrogens is 1. The molecule has 1 fully saturated rings. The number of anilines is 1. The van der Waals surface area contributed by atoms with Gasteiger partial charge in [0.05, 0.1) is 11.6 Å². The molecule has 2 heterocycles. The van der Waals surface area contributed by atoms with E-state index >= 15 is 0 Å². The number of ketones is 1. The first-order valence-electron chi connectivity index (χ1n) is 9.25. The predicted octanol–water partition coefficient (Wildman–Crippen LogP) is 4.23. The largest absolute Gasteiger partial charge is 0.507 e. The van der Waals surface area contributed by atoms with Crippen molar-refractivity contribution in [3.63, 3.8) is 0 Å². The summed E-state index contributed by atoms with van der Waals surface area (Å²) in [6, 6.07) is 15.4. The van der Waals surface area contributed by atoms with Gasteiger partial charge in [0.1, 0.15) is 11.5 Å². The van der Waals surface area contributed by atoms with Crippen molar-refractivity contribution in [2.45, 2.75) is 26.8 Å². The highest BCUT2D eigenvalue weighted by atomic mass is 16.5. The summed E-state index contributed by atoms with van der Waals surface area (Å²) >= 11 is 0. The van der Waals surface area contributed by atoms with Gasteiger partial charge < -0.3 is 9.63 Å². The number of aliphatic hydroxyl groups excluding tert-OH is 1. The molecule has 3 aromatic rings. The maximum atomic E-state index is 13.0. The molecule has 29 heavy (non-hydrogen) atoms. The van der Waals surface area contributed by atoms with E-state index in [1.807, 2.05) is 50.2 Å². The van der Waals surface area contributed by atoms with Gasteiger partial charge in [0.2, 0.25) is 0 Å². The molecule has 2 aromatic carbocycles. The van der Waals surface area contributed by atoms with Crippen LogP contribution in [0, 0.1) is 20.8 Å². The van der Waals surface area contributed by atoms with Gasteiger partial charge in [-0.3, -0.25) is 14.5 Å². The molecule has 1 amide bonds. The Labute approximate surface area is 168 Å². The fraction of sp³-hybridized carbons (Fsp3) is 0.174. The molecule has 1 aliphatic heterocycles. The molecule has 6 heteroatoms. The summed E-state index contributed by atoms with van der Waals surface area (Å²) in [4.78, 5) is 27.2. The van der Waals surface area contributed by atoms with E-state index in [0.717, 1.165) is 11.1 Å². The lowest BCUT2D eigenvalue weighted by molar-refractivity contribution is -0.132. The lowest BCUT2D eigenvalue weighted by Crippen LogP contribution is -2.29. The van der Waals surface area contributed by atoms with Crippen molar-refractivity contribution in [3.05, 3.63) is 88.2 Å². The van der Waals surface area contributed by atoms with Crippen LogP contribution in [0.1, 0.15) is 34.1 Å². The fourth-order valence-electron chi connectivity index (χ4n) is 3.47. The minimum Gasteiger partial charge on any atom is -0.507 e. The molecule has 1 N–H and O–H groups in total. The fourth-order valence-corrected chi connectivity index (χ4v) is 3.47. The maximum absolute atomic E-state index is 13.0. The summed E-state index contributed by atoms with van der Waals surface area (Å²) in [5.74, 6) is -0.968. The van der Waals surface area contributed by atoms with Crippen LogP contribution < -0.4 is 4.90 Å². The minimum atomic E-state index is -0.804. The Bertz CT molecular complexity index is 1120. The summed E-state index contributed by atoms with van der Waals surface area (Å²) in [7, 11) is 0. The molecule has 0 aliphatic carbocycles. The van der Waals surface area contributed by atoms with Crippen LogP contribution in [0.25, 0.3) is 5.76 Å². The Balaban J connectivity index is 1.93. The molecule has 0 spiro atoms. The number of aliphatic hydroxyl groups is 1. The monoisotopic (exact) mass is 388 g/mol. The van der Waals surface area contributed by atoms with Crippen LogP contribution in [0.2, 0.25) is 0 Å². The lowest BCUT2D eigenvalue weighted by atomic mass is 9.94. The highest BCUT2D eigenvalue weighted by Gasteiger charge is 2.48. The zero-order valence-corrected chi connectivity index (χ0v) is 16.3. The van der Waals surface area contributed by atoms with E-state index in [1.165, 1.54) is 4.90 Å². The molecule has 146 valence electrons. The van der Waals surface area contributed by atoms with Crippen LogP contribution in [0.3, 0.4) is 0 Å². The van der Waals surface area contributed by atoms with Crippen molar-refractivity contribution < 1.29 is 19.2 Å². The van der Waals surface area contributed by atoms with Crippen LogP contribution in [-0.4, -0.2) is 22.0 Å². The molecule has 6 nitrogen and oxygen atoms in total. The molecular weight excluding hydrogens is 368 g/mol. The van der Waals surface area contributed by atoms with Gasteiger partial charge in [0, 0.05) is 11.6 Å². The number of Topliss-reactive ketones (excluding diaryl/α,β-unsaturated/α-hetero) is 1. The third-order valence-corrected chi connectivity index (χ3v) is 5.02. The van der Waals surface area contributed by atoms with Crippen molar-refractivity contribution in [1.29, 1.82) is 0 Å². The molecule has 1 unspecified atom stereocenters. The van der Waals surface area contributed by atoms with Crippen LogP contribution in [0.15, 0.2) is 64.7 Å². The van der Waals surface area contributed by atoms with Gasteiger partial charge in [-0.2, -0.15) is 0 Å². The second-order valence-electron chi connectivity index (χ2n) is 7.24. The number of hydrogen-bond donors (Lipinski definition) is 1. The van der Waals surface area contributed by atoms with Gasteiger partial charge in [-0.25, -0.2) is 0 Å². The van der Waals surface area contributed by atoms with Gasteiger partial charge in [-0.15, -0.1) is 0 Å². The van der Waals surface area contributed by atoms with Crippen molar-refractivity contribution in [3.8, 4) is 0 Å². The number of rotatable bonds is 3. The van der Waals surface area contributed by atoms with E-state index in [2.05, 4.69) is 5.16 Å². The summed E-state index contributed by atoms with van der Waals surface area (Å²) in [6.45, 7) is 5.59. The Kier molecular flexibility index (Phi) is 4.54. The van der Waals surface area contributed by atoms with E-state index < -0.39 is 17.7 Å². The number of hydrogen-bond acceptors (Lipinski definition) is 5. The Morgan fingerprint density at radius 1 is 0.966 bits per heavy atom.